The van der Waals surface area contributed by atoms with Crippen molar-refractivity contribution < 1.29 is 0 Å². The minimum absolute atomic E-state index is 0.0335. The molecule has 0 unspecified atom stereocenters. The van der Waals surface area contributed by atoms with Gasteiger partial charge in [-0.05, 0) is 31.5 Å². The van der Waals surface area contributed by atoms with Crippen molar-refractivity contribution in [3.63, 3.8) is 0 Å². The SMILES string of the molecule is Cc1[nH]c2ccccc2c1[C@@H](N)CCN. The molecule has 0 aliphatic carbocycles. The second kappa shape index (κ2) is 4.04. The van der Waals surface area contributed by atoms with Crippen LogP contribution in [0.15, 0.2) is 24.3 Å². The van der Waals surface area contributed by atoms with Gasteiger partial charge in [0, 0.05) is 22.6 Å². The summed E-state index contributed by atoms with van der Waals surface area (Å²) >= 11 is 0. The molecule has 3 nitrogen and oxygen atoms in total. The van der Waals surface area contributed by atoms with Crippen molar-refractivity contribution in [2.24, 2.45) is 11.5 Å². The number of fused-ring (bicyclic) bond motifs is 1. The summed E-state index contributed by atoms with van der Waals surface area (Å²) in [7, 11) is 0. The van der Waals surface area contributed by atoms with Crippen molar-refractivity contribution in [3.8, 4) is 0 Å². The van der Waals surface area contributed by atoms with Gasteiger partial charge in [-0.25, -0.2) is 0 Å². The molecule has 1 aromatic carbocycles. The highest BCUT2D eigenvalue weighted by molar-refractivity contribution is 5.85. The van der Waals surface area contributed by atoms with Gasteiger partial charge in [-0.15, -0.1) is 0 Å². The molecule has 80 valence electrons. The third-order valence-corrected chi connectivity index (χ3v) is 2.79. The Kier molecular flexibility index (Phi) is 2.75. The monoisotopic (exact) mass is 203 g/mol. The van der Waals surface area contributed by atoms with Crippen molar-refractivity contribution in [1.29, 1.82) is 0 Å². The Labute approximate surface area is 89.5 Å². The first-order valence-corrected chi connectivity index (χ1v) is 5.27. The molecule has 2 rings (SSSR count). The van der Waals surface area contributed by atoms with E-state index in [4.69, 9.17) is 11.5 Å². The number of rotatable bonds is 3. The predicted octanol–water partition coefficient (Wildman–Crippen LogP) is 1.82. The highest BCUT2D eigenvalue weighted by Crippen LogP contribution is 2.27. The average Bonchev–Trinajstić information content (AvgIpc) is 2.54. The Morgan fingerprint density at radius 2 is 2.07 bits per heavy atom. The van der Waals surface area contributed by atoms with Crippen LogP contribution in [0.2, 0.25) is 0 Å². The average molecular weight is 203 g/mol. The second-order valence-corrected chi connectivity index (χ2v) is 3.89. The van der Waals surface area contributed by atoms with E-state index >= 15 is 0 Å². The summed E-state index contributed by atoms with van der Waals surface area (Å²) in [6, 6.07) is 8.27. The topological polar surface area (TPSA) is 67.8 Å². The van der Waals surface area contributed by atoms with Crippen molar-refractivity contribution >= 4 is 10.9 Å². The molecule has 2 aromatic rings. The van der Waals surface area contributed by atoms with E-state index < -0.39 is 0 Å². The number of benzene rings is 1. The molecular formula is C12H17N3. The van der Waals surface area contributed by atoms with Crippen LogP contribution >= 0.6 is 0 Å². The number of nitrogens with one attached hydrogen (secondary N) is 1. The van der Waals surface area contributed by atoms with Crippen molar-refractivity contribution in [2.75, 3.05) is 6.54 Å². The highest BCUT2D eigenvalue weighted by Gasteiger charge is 2.13. The number of hydrogen-bond acceptors (Lipinski definition) is 2. The van der Waals surface area contributed by atoms with E-state index in [0.29, 0.717) is 6.54 Å². The van der Waals surface area contributed by atoms with E-state index in [0.717, 1.165) is 17.6 Å². The first-order valence-electron chi connectivity index (χ1n) is 5.27. The third-order valence-electron chi connectivity index (χ3n) is 2.79. The molecule has 1 aromatic heterocycles. The summed E-state index contributed by atoms with van der Waals surface area (Å²) in [5, 5.41) is 1.22. The molecule has 15 heavy (non-hydrogen) atoms. The molecule has 1 heterocycles. The van der Waals surface area contributed by atoms with Gasteiger partial charge in [-0.3, -0.25) is 0 Å². The number of hydrogen-bond donors (Lipinski definition) is 3. The van der Waals surface area contributed by atoms with Crippen LogP contribution < -0.4 is 11.5 Å². The third kappa shape index (κ3) is 1.76. The van der Waals surface area contributed by atoms with Crippen molar-refractivity contribution in [3.05, 3.63) is 35.5 Å². The van der Waals surface area contributed by atoms with Crippen LogP contribution in [0.1, 0.15) is 23.7 Å². The van der Waals surface area contributed by atoms with E-state index in [1.54, 1.807) is 0 Å². The van der Waals surface area contributed by atoms with Gasteiger partial charge >= 0.3 is 0 Å². The molecule has 3 heteroatoms. The number of aryl methyl sites for hydroxylation is 1. The van der Waals surface area contributed by atoms with Gasteiger partial charge in [0.15, 0.2) is 0 Å². The fourth-order valence-corrected chi connectivity index (χ4v) is 2.10. The van der Waals surface area contributed by atoms with E-state index in [2.05, 4.69) is 24.0 Å². The van der Waals surface area contributed by atoms with Gasteiger partial charge in [0.1, 0.15) is 0 Å². The number of nitrogens with two attached hydrogens (primary N) is 2. The van der Waals surface area contributed by atoms with Gasteiger partial charge in [0.2, 0.25) is 0 Å². The summed E-state index contributed by atoms with van der Waals surface area (Å²) in [5.74, 6) is 0. The summed E-state index contributed by atoms with van der Waals surface area (Å²) in [6.45, 7) is 2.69. The Hall–Kier alpha value is -1.32. The number of para-hydroxylation sites is 1. The van der Waals surface area contributed by atoms with E-state index in [-0.39, 0.29) is 6.04 Å². The smallest absolute Gasteiger partial charge is 0.0459 e. The molecule has 0 aliphatic heterocycles. The van der Waals surface area contributed by atoms with Crippen LogP contribution in [-0.4, -0.2) is 11.5 Å². The zero-order valence-electron chi connectivity index (χ0n) is 8.96. The Bertz CT molecular complexity index is 459. The quantitative estimate of drug-likeness (QED) is 0.712. The van der Waals surface area contributed by atoms with E-state index in [9.17, 15) is 0 Å². The summed E-state index contributed by atoms with van der Waals surface area (Å²) in [4.78, 5) is 3.35. The zero-order valence-corrected chi connectivity index (χ0v) is 8.96. The number of H-pyrrole nitrogens is 1. The Balaban J connectivity index is 2.53. The van der Waals surface area contributed by atoms with Crippen molar-refractivity contribution in [1.82, 2.24) is 4.98 Å². The lowest BCUT2D eigenvalue weighted by Gasteiger charge is -2.10. The largest absolute Gasteiger partial charge is 0.358 e. The van der Waals surface area contributed by atoms with Crippen molar-refractivity contribution in [2.45, 2.75) is 19.4 Å². The molecule has 0 bridgehead atoms. The number of aromatic amines is 1. The van der Waals surface area contributed by atoms with Gasteiger partial charge in [0.05, 0.1) is 0 Å². The molecule has 0 saturated heterocycles. The lowest BCUT2D eigenvalue weighted by atomic mass is 10.0. The summed E-state index contributed by atoms with van der Waals surface area (Å²) in [5.41, 5.74) is 15.2. The summed E-state index contributed by atoms with van der Waals surface area (Å²) in [6.07, 6.45) is 0.822. The first-order chi connectivity index (χ1) is 7.24. The van der Waals surface area contributed by atoms with Gasteiger partial charge < -0.3 is 16.5 Å². The lowest BCUT2D eigenvalue weighted by Crippen LogP contribution is -2.15. The zero-order chi connectivity index (χ0) is 10.8. The van der Waals surface area contributed by atoms with Gasteiger partial charge in [-0.1, -0.05) is 18.2 Å². The molecule has 1 atom stereocenters. The molecule has 0 amide bonds. The standard InChI is InChI=1S/C12H17N3/c1-8-12(10(14)6-7-13)9-4-2-3-5-11(9)15-8/h2-5,10,15H,6-7,13-14H2,1H3/t10-/m0/s1. The maximum Gasteiger partial charge on any atom is 0.0459 e. The first kappa shape index (κ1) is 10.2. The maximum absolute atomic E-state index is 6.12. The van der Waals surface area contributed by atoms with Crippen LogP contribution in [0.5, 0.6) is 0 Å². The summed E-state index contributed by atoms with van der Waals surface area (Å²) < 4.78 is 0. The highest BCUT2D eigenvalue weighted by atomic mass is 14.7. The molecule has 0 spiro atoms. The van der Waals surface area contributed by atoms with E-state index in [1.807, 2.05) is 12.1 Å². The molecule has 5 N–H and O–H groups in total. The van der Waals surface area contributed by atoms with E-state index in [1.165, 1.54) is 10.9 Å². The fraction of sp³-hybridized carbons (Fsp3) is 0.333. The Morgan fingerprint density at radius 1 is 1.33 bits per heavy atom. The normalized spacial score (nSPS) is 13.3. The lowest BCUT2D eigenvalue weighted by molar-refractivity contribution is 0.662. The molecule has 0 saturated carbocycles. The molecule has 0 aliphatic rings. The maximum atomic E-state index is 6.12. The fourth-order valence-electron chi connectivity index (χ4n) is 2.10. The van der Waals surface area contributed by atoms with Crippen LogP contribution in [0.4, 0.5) is 0 Å². The van der Waals surface area contributed by atoms with Crippen LogP contribution in [-0.2, 0) is 0 Å². The van der Waals surface area contributed by atoms with Crippen LogP contribution in [0, 0.1) is 6.92 Å². The predicted molar refractivity (Wildman–Crippen MR) is 63.6 cm³/mol. The Morgan fingerprint density at radius 3 is 2.80 bits per heavy atom. The van der Waals surface area contributed by atoms with Crippen LogP contribution in [0.3, 0.4) is 0 Å². The minimum Gasteiger partial charge on any atom is -0.358 e. The molecular weight excluding hydrogens is 186 g/mol. The minimum atomic E-state index is 0.0335. The number of aromatic nitrogens is 1. The van der Waals surface area contributed by atoms with Gasteiger partial charge in [0.25, 0.3) is 0 Å². The molecule has 0 radical (unpaired) electrons. The van der Waals surface area contributed by atoms with Crippen LogP contribution in [0.25, 0.3) is 10.9 Å². The molecule has 0 fully saturated rings. The second-order valence-electron chi connectivity index (χ2n) is 3.89. The van der Waals surface area contributed by atoms with Gasteiger partial charge in [-0.2, -0.15) is 0 Å².